The van der Waals surface area contributed by atoms with Gasteiger partial charge in [-0.2, -0.15) is 5.10 Å². The third kappa shape index (κ3) is 5.10. The van der Waals surface area contributed by atoms with Gasteiger partial charge in [0.1, 0.15) is 12.4 Å². The Hall–Kier alpha value is -3.06. The summed E-state index contributed by atoms with van der Waals surface area (Å²) in [4.78, 5) is 4.49. The molecule has 1 atom stereocenters. The van der Waals surface area contributed by atoms with Crippen LogP contribution in [0.2, 0.25) is 0 Å². The third-order valence-corrected chi connectivity index (χ3v) is 4.77. The predicted octanol–water partition coefficient (Wildman–Crippen LogP) is 4.14. The quantitative estimate of drug-likeness (QED) is 0.580. The van der Waals surface area contributed by atoms with E-state index in [0.717, 1.165) is 11.3 Å². The Labute approximate surface area is 177 Å². The monoisotopic (exact) mass is 410 g/mol. The van der Waals surface area contributed by atoms with E-state index in [1.54, 1.807) is 7.11 Å². The molecule has 1 unspecified atom stereocenters. The van der Waals surface area contributed by atoms with Crippen LogP contribution < -0.4 is 19.9 Å². The van der Waals surface area contributed by atoms with Crippen LogP contribution in [-0.4, -0.2) is 28.9 Å². The van der Waals surface area contributed by atoms with E-state index < -0.39 is 6.04 Å². The fourth-order valence-corrected chi connectivity index (χ4v) is 3.02. The first-order chi connectivity index (χ1) is 14.3. The van der Waals surface area contributed by atoms with E-state index in [0.29, 0.717) is 29.8 Å². The number of aromatic amines is 1. The van der Waals surface area contributed by atoms with Crippen LogP contribution in [0.5, 0.6) is 17.2 Å². The Morgan fingerprint density at radius 3 is 2.40 bits per heavy atom. The standard InChI is InChI=1S/C23H30N4O3/c1-6-29-19-13-15(7-12-18(19)28-5)21(24)22-25-20(26-27-22)14-30-17-10-8-16(9-11-17)23(2,3)4/h7-13,21H,6,14,24H2,1-5H3,(H,25,26,27). The SMILES string of the molecule is CCOc1cc(C(N)c2n[nH]c(COc3ccc(C(C)(C)C)cc3)n2)ccc1OC. The number of ether oxygens (including phenoxy) is 3. The first-order valence-electron chi connectivity index (χ1n) is 10.0. The molecule has 0 aliphatic heterocycles. The molecule has 3 N–H and O–H groups in total. The van der Waals surface area contributed by atoms with Crippen LogP contribution in [0, 0.1) is 0 Å². The lowest BCUT2D eigenvalue weighted by Gasteiger charge is -2.19. The van der Waals surface area contributed by atoms with E-state index in [1.165, 1.54) is 5.56 Å². The molecule has 0 fully saturated rings. The van der Waals surface area contributed by atoms with Crippen LogP contribution in [0.3, 0.4) is 0 Å². The Balaban J connectivity index is 1.66. The summed E-state index contributed by atoms with van der Waals surface area (Å²) in [5, 5.41) is 7.16. The Morgan fingerprint density at radius 2 is 1.77 bits per heavy atom. The molecule has 1 heterocycles. The van der Waals surface area contributed by atoms with Gasteiger partial charge in [0.2, 0.25) is 0 Å². The van der Waals surface area contributed by atoms with Crippen LogP contribution in [0.4, 0.5) is 0 Å². The Kier molecular flexibility index (Phi) is 6.62. The largest absolute Gasteiger partial charge is 0.493 e. The average Bonchev–Trinajstić information content (AvgIpc) is 3.20. The zero-order chi connectivity index (χ0) is 21.7. The maximum absolute atomic E-state index is 6.37. The van der Waals surface area contributed by atoms with Crippen LogP contribution >= 0.6 is 0 Å². The van der Waals surface area contributed by atoms with E-state index in [2.05, 4.69) is 48.1 Å². The average molecular weight is 411 g/mol. The van der Waals surface area contributed by atoms with Crippen molar-refractivity contribution in [2.45, 2.75) is 45.8 Å². The molecule has 30 heavy (non-hydrogen) atoms. The number of aromatic nitrogens is 3. The van der Waals surface area contributed by atoms with Gasteiger partial charge in [-0.25, -0.2) is 4.98 Å². The molecule has 2 aromatic carbocycles. The van der Waals surface area contributed by atoms with Gasteiger partial charge in [-0.15, -0.1) is 0 Å². The maximum atomic E-state index is 6.37. The minimum absolute atomic E-state index is 0.109. The van der Waals surface area contributed by atoms with Crippen molar-refractivity contribution in [2.24, 2.45) is 5.73 Å². The van der Waals surface area contributed by atoms with Gasteiger partial charge >= 0.3 is 0 Å². The summed E-state index contributed by atoms with van der Waals surface area (Å²) in [7, 11) is 1.61. The zero-order valence-electron chi connectivity index (χ0n) is 18.2. The van der Waals surface area contributed by atoms with Crippen LogP contribution in [0.25, 0.3) is 0 Å². The molecular weight excluding hydrogens is 380 g/mol. The van der Waals surface area contributed by atoms with Crippen molar-refractivity contribution in [3.8, 4) is 17.2 Å². The van der Waals surface area contributed by atoms with Crippen LogP contribution in [0.15, 0.2) is 42.5 Å². The summed E-state index contributed by atoms with van der Waals surface area (Å²) in [5.74, 6) is 3.19. The van der Waals surface area contributed by atoms with Gasteiger partial charge < -0.3 is 19.9 Å². The van der Waals surface area contributed by atoms with E-state index in [4.69, 9.17) is 19.9 Å². The summed E-state index contributed by atoms with van der Waals surface area (Å²) in [6.07, 6.45) is 0. The first-order valence-corrected chi connectivity index (χ1v) is 10.0. The second kappa shape index (κ2) is 9.17. The Morgan fingerprint density at radius 1 is 1.03 bits per heavy atom. The maximum Gasteiger partial charge on any atom is 0.172 e. The van der Waals surface area contributed by atoms with Crippen LogP contribution in [0.1, 0.15) is 56.5 Å². The lowest BCUT2D eigenvalue weighted by molar-refractivity contribution is 0.296. The second-order valence-corrected chi connectivity index (χ2v) is 8.02. The van der Waals surface area contributed by atoms with Gasteiger partial charge in [-0.1, -0.05) is 39.0 Å². The molecule has 0 radical (unpaired) electrons. The minimum atomic E-state index is -0.494. The molecule has 0 bridgehead atoms. The van der Waals surface area contributed by atoms with Crippen molar-refractivity contribution in [3.63, 3.8) is 0 Å². The van der Waals surface area contributed by atoms with E-state index in [-0.39, 0.29) is 12.0 Å². The number of rotatable bonds is 8. The molecule has 3 rings (SSSR count). The Bertz CT molecular complexity index is 961. The highest BCUT2D eigenvalue weighted by Crippen LogP contribution is 2.31. The molecule has 0 aliphatic carbocycles. The highest BCUT2D eigenvalue weighted by molar-refractivity contribution is 5.44. The normalized spacial score (nSPS) is 12.5. The summed E-state index contributed by atoms with van der Waals surface area (Å²) in [5.41, 5.74) is 8.57. The van der Waals surface area contributed by atoms with E-state index in [9.17, 15) is 0 Å². The fourth-order valence-electron chi connectivity index (χ4n) is 3.02. The molecule has 0 aliphatic rings. The van der Waals surface area contributed by atoms with Crippen molar-refractivity contribution in [1.82, 2.24) is 15.2 Å². The minimum Gasteiger partial charge on any atom is -0.493 e. The van der Waals surface area contributed by atoms with Gasteiger partial charge in [0.05, 0.1) is 19.8 Å². The van der Waals surface area contributed by atoms with Crippen LogP contribution in [-0.2, 0) is 12.0 Å². The number of methoxy groups -OCH3 is 1. The van der Waals surface area contributed by atoms with Gasteiger partial charge in [-0.05, 0) is 47.7 Å². The number of H-pyrrole nitrogens is 1. The molecule has 160 valence electrons. The predicted molar refractivity (Wildman–Crippen MR) is 116 cm³/mol. The van der Waals surface area contributed by atoms with Crippen molar-refractivity contribution in [1.29, 1.82) is 0 Å². The molecular formula is C23H30N4O3. The van der Waals surface area contributed by atoms with Crippen molar-refractivity contribution >= 4 is 0 Å². The first kappa shape index (κ1) is 21.6. The topological polar surface area (TPSA) is 95.3 Å². The molecule has 3 aromatic rings. The zero-order valence-corrected chi connectivity index (χ0v) is 18.2. The summed E-state index contributed by atoms with van der Waals surface area (Å²) in [6, 6.07) is 13.2. The highest BCUT2D eigenvalue weighted by Gasteiger charge is 2.18. The smallest absolute Gasteiger partial charge is 0.172 e. The summed E-state index contributed by atoms with van der Waals surface area (Å²) in [6.45, 7) is 9.28. The number of benzene rings is 2. The number of hydrogen-bond acceptors (Lipinski definition) is 6. The van der Waals surface area contributed by atoms with Crippen molar-refractivity contribution in [3.05, 3.63) is 65.2 Å². The molecule has 0 spiro atoms. The fraction of sp³-hybridized carbons (Fsp3) is 0.391. The molecule has 7 heteroatoms. The van der Waals surface area contributed by atoms with Gasteiger partial charge in [0, 0.05) is 0 Å². The van der Waals surface area contributed by atoms with Gasteiger partial charge in [-0.3, -0.25) is 5.10 Å². The number of nitrogens with two attached hydrogens (primary N) is 1. The lowest BCUT2D eigenvalue weighted by atomic mass is 9.87. The molecule has 7 nitrogen and oxygen atoms in total. The number of nitrogens with zero attached hydrogens (tertiary/aromatic N) is 2. The van der Waals surface area contributed by atoms with Gasteiger partial charge in [0.25, 0.3) is 0 Å². The lowest BCUT2D eigenvalue weighted by Crippen LogP contribution is -2.14. The number of nitrogens with one attached hydrogen (secondary N) is 1. The van der Waals surface area contributed by atoms with Crippen molar-refractivity contribution < 1.29 is 14.2 Å². The summed E-state index contributed by atoms with van der Waals surface area (Å²) >= 11 is 0. The van der Waals surface area contributed by atoms with E-state index in [1.807, 2.05) is 37.3 Å². The molecule has 1 aromatic heterocycles. The van der Waals surface area contributed by atoms with Gasteiger partial charge in [0.15, 0.2) is 23.1 Å². The third-order valence-electron chi connectivity index (χ3n) is 4.77. The molecule has 0 saturated carbocycles. The summed E-state index contributed by atoms with van der Waals surface area (Å²) < 4.78 is 16.8. The van der Waals surface area contributed by atoms with E-state index >= 15 is 0 Å². The second-order valence-electron chi connectivity index (χ2n) is 8.02. The molecule has 0 amide bonds. The van der Waals surface area contributed by atoms with Crippen molar-refractivity contribution in [2.75, 3.05) is 13.7 Å². The number of hydrogen-bond donors (Lipinski definition) is 2. The highest BCUT2D eigenvalue weighted by atomic mass is 16.5. The molecule has 0 saturated heterocycles.